The molecule has 6 heteroatoms. The van der Waals surface area contributed by atoms with Crippen molar-refractivity contribution >= 4 is 21.8 Å². The third-order valence-corrected chi connectivity index (χ3v) is 5.49. The summed E-state index contributed by atoms with van der Waals surface area (Å²) in [7, 11) is -2.77. The summed E-state index contributed by atoms with van der Waals surface area (Å²) in [5.74, 6) is 0. The van der Waals surface area contributed by atoms with Gasteiger partial charge in [0.2, 0.25) is 11.0 Å². The number of hydrogen-bond acceptors (Lipinski definition) is 4. The van der Waals surface area contributed by atoms with Crippen molar-refractivity contribution < 1.29 is 33.4 Å². The van der Waals surface area contributed by atoms with Gasteiger partial charge in [-0.3, -0.25) is 0 Å². The Morgan fingerprint density at radius 1 is 0.581 bits per heavy atom. The largest absolute Gasteiger partial charge is 0.222 e. The Kier molecular flexibility index (Phi) is 6.37. The third kappa shape index (κ3) is 5.03. The first-order valence-electron chi connectivity index (χ1n) is 9.89. The van der Waals surface area contributed by atoms with Crippen LogP contribution >= 0.6 is 0 Å². The molecule has 0 atom stereocenters. The lowest BCUT2D eigenvalue weighted by Crippen LogP contribution is -2.68. The Balaban J connectivity index is 0.000000491. The fourth-order valence-corrected chi connectivity index (χ4v) is 4.40. The summed E-state index contributed by atoms with van der Waals surface area (Å²) in [6.45, 7) is 11.0. The van der Waals surface area contributed by atoms with Crippen LogP contribution in [-0.4, -0.2) is 0 Å². The van der Waals surface area contributed by atoms with Crippen LogP contribution in [0.1, 0.15) is 27.8 Å². The molecule has 162 valence electrons. The number of halogens is 1. The van der Waals surface area contributed by atoms with Crippen molar-refractivity contribution in [3.05, 3.63) is 76.3 Å². The topological polar surface area (TPSA) is 96.1 Å². The van der Waals surface area contributed by atoms with Gasteiger partial charge in [-0.15, -0.1) is 10.2 Å². The molecule has 3 aromatic carbocycles. The molecule has 0 saturated carbocycles. The van der Waals surface area contributed by atoms with Crippen molar-refractivity contribution in [3.8, 4) is 11.1 Å². The van der Waals surface area contributed by atoms with E-state index in [9.17, 15) is 0 Å². The van der Waals surface area contributed by atoms with Crippen LogP contribution in [0.3, 0.4) is 0 Å². The quantitative estimate of drug-likeness (QED) is 0.329. The van der Waals surface area contributed by atoms with Gasteiger partial charge >= 0.3 is 0 Å². The Morgan fingerprint density at radius 2 is 0.968 bits per heavy atom. The smallest absolute Gasteiger partial charge is 0.213 e. The highest BCUT2D eigenvalue weighted by atomic mass is 35.7. The maximum atomic E-state index is 8.49. The maximum Gasteiger partial charge on any atom is 0.213 e. The van der Waals surface area contributed by atoms with Gasteiger partial charge in [0.25, 0.3) is 0 Å². The van der Waals surface area contributed by atoms with Crippen molar-refractivity contribution in [2.24, 2.45) is 7.05 Å². The first-order chi connectivity index (χ1) is 14.4. The zero-order chi connectivity index (χ0) is 23.1. The minimum absolute atomic E-state index is 1.28. The van der Waals surface area contributed by atoms with Crippen LogP contribution in [0.5, 0.6) is 0 Å². The van der Waals surface area contributed by atoms with Crippen LogP contribution in [-0.2, 0) is 7.05 Å². The molecular weight excluding hydrogens is 414 g/mol. The Labute approximate surface area is 184 Å². The Hall–Kier alpha value is -2.54. The molecule has 0 aliphatic rings. The number of aromatic nitrogens is 1. The highest BCUT2D eigenvalue weighted by Gasteiger charge is 2.21. The second-order valence-corrected chi connectivity index (χ2v) is 8.88. The SMILES string of the molecule is Cc1cc(C)c(-c2c3cc(C)ccc3[n+](C)c3ccc(C)cc23)c(C)c1.[O-][Cl+3]([O-])([O-])[O-]. The number of aryl methyl sites for hydroxylation is 6. The molecule has 0 aliphatic carbocycles. The molecule has 0 fully saturated rings. The van der Waals surface area contributed by atoms with Crippen LogP contribution in [0.4, 0.5) is 0 Å². The molecule has 0 amide bonds. The van der Waals surface area contributed by atoms with E-state index in [0.717, 1.165) is 0 Å². The number of fused-ring (bicyclic) bond motifs is 2. The highest BCUT2D eigenvalue weighted by Crippen LogP contribution is 2.38. The van der Waals surface area contributed by atoms with E-state index in [1.54, 1.807) is 0 Å². The molecule has 0 N–H and O–H groups in total. The van der Waals surface area contributed by atoms with Crippen molar-refractivity contribution in [3.63, 3.8) is 0 Å². The molecule has 4 aromatic rings. The summed E-state index contributed by atoms with van der Waals surface area (Å²) < 4.78 is 36.3. The standard InChI is InChI=1S/C25H26N.ClHO4/c1-15-7-9-22-20(13-15)25(24-18(4)11-17(3)12-19(24)5)21-14-16(2)8-10-23(21)26(22)6;2-1(3,4)5/h7-14H,1-6H3;(H,2,3,4,5)/q+1;/p-1. The molecule has 0 radical (unpaired) electrons. The number of nitrogens with zero attached hydrogens (tertiary/aromatic N) is 1. The van der Waals surface area contributed by atoms with Gasteiger partial charge < -0.3 is 0 Å². The molecule has 5 nitrogen and oxygen atoms in total. The first kappa shape index (κ1) is 23.1. The van der Waals surface area contributed by atoms with E-state index in [4.69, 9.17) is 18.6 Å². The fraction of sp³-hybridized carbons (Fsp3) is 0.240. The number of hydrogen-bond donors (Lipinski definition) is 0. The van der Waals surface area contributed by atoms with Gasteiger partial charge in [0.1, 0.15) is 7.05 Å². The van der Waals surface area contributed by atoms with Gasteiger partial charge in [-0.05, 0) is 63.4 Å². The maximum absolute atomic E-state index is 8.49. The summed E-state index contributed by atoms with van der Waals surface area (Å²) in [5, 5.41) is 2.67. The Morgan fingerprint density at radius 3 is 1.35 bits per heavy atom. The molecular formula is C25H26ClNO4. The monoisotopic (exact) mass is 439 g/mol. The van der Waals surface area contributed by atoms with Crippen molar-refractivity contribution in [2.45, 2.75) is 34.6 Å². The second-order valence-electron chi connectivity index (χ2n) is 8.13. The molecule has 1 aromatic heterocycles. The van der Waals surface area contributed by atoms with Gasteiger partial charge in [0.05, 0.1) is 10.8 Å². The van der Waals surface area contributed by atoms with Crippen molar-refractivity contribution in [1.82, 2.24) is 0 Å². The Bertz CT molecular complexity index is 1200. The normalized spacial score (nSPS) is 11.5. The van der Waals surface area contributed by atoms with E-state index < -0.39 is 10.2 Å². The van der Waals surface area contributed by atoms with E-state index in [2.05, 4.69) is 94.8 Å². The summed E-state index contributed by atoms with van der Waals surface area (Å²) >= 11 is 0. The van der Waals surface area contributed by atoms with Crippen LogP contribution < -0.4 is 23.2 Å². The summed E-state index contributed by atoms with van der Waals surface area (Å²) in [6.07, 6.45) is 0. The first-order valence-corrected chi connectivity index (χ1v) is 11.1. The van der Waals surface area contributed by atoms with Gasteiger partial charge in [-0.2, -0.15) is 4.57 Å². The minimum atomic E-state index is -4.94. The molecule has 0 spiro atoms. The predicted octanol–water partition coefficient (Wildman–Crippen LogP) is 1.27. The molecule has 0 aliphatic heterocycles. The summed E-state index contributed by atoms with van der Waals surface area (Å²) in [4.78, 5) is 0. The van der Waals surface area contributed by atoms with Gasteiger partial charge in [-0.25, -0.2) is 18.6 Å². The number of pyridine rings is 1. The zero-order valence-corrected chi connectivity index (χ0v) is 19.3. The van der Waals surface area contributed by atoms with Gasteiger partial charge in [0, 0.05) is 17.7 Å². The molecule has 1 heterocycles. The lowest BCUT2D eigenvalue weighted by atomic mass is 9.88. The van der Waals surface area contributed by atoms with Gasteiger partial charge in [0.15, 0.2) is 0 Å². The van der Waals surface area contributed by atoms with Gasteiger partial charge in [-0.1, -0.05) is 41.0 Å². The average molecular weight is 440 g/mol. The molecule has 31 heavy (non-hydrogen) atoms. The summed E-state index contributed by atoms with van der Waals surface area (Å²) in [5.41, 5.74) is 11.9. The van der Waals surface area contributed by atoms with E-state index in [-0.39, 0.29) is 0 Å². The van der Waals surface area contributed by atoms with Crippen molar-refractivity contribution in [1.29, 1.82) is 0 Å². The lowest BCUT2D eigenvalue weighted by Gasteiger charge is -2.17. The van der Waals surface area contributed by atoms with Crippen LogP contribution in [0.25, 0.3) is 32.9 Å². The highest BCUT2D eigenvalue weighted by molar-refractivity contribution is 6.08. The average Bonchev–Trinajstić information content (AvgIpc) is 2.62. The molecule has 0 saturated heterocycles. The molecule has 4 rings (SSSR count). The number of benzene rings is 3. The number of rotatable bonds is 1. The second kappa shape index (κ2) is 8.54. The zero-order valence-electron chi connectivity index (χ0n) is 18.6. The lowest BCUT2D eigenvalue weighted by molar-refractivity contribution is -2.00. The van der Waals surface area contributed by atoms with Crippen molar-refractivity contribution in [2.75, 3.05) is 0 Å². The van der Waals surface area contributed by atoms with Crippen LogP contribution in [0, 0.1) is 44.9 Å². The fourth-order valence-electron chi connectivity index (χ4n) is 4.40. The third-order valence-electron chi connectivity index (χ3n) is 5.49. The van der Waals surface area contributed by atoms with E-state index in [0.29, 0.717) is 0 Å². The van der Waals surface area contributed by atoms with E-state index in [1.165, 1.54) is 60.8 Å². The predicted molar refractivity (Wildman–Crippen MR) is 112 cm³/mol. The molecule has 0 unspecified atom stereocenters. The van der Waals surface area contributed by atoms with Crippen LogP contribution in [0.2, 0.25) is 0 Å². The minimum Gasteiger partial charge on any atom is -0.222 e. The van der Waals surface area contributed by atoms with Crippen LogP contribution in [0.15, 0.2) is 48.5 Å². The van der Waals surface area contributed by atoms with E-state index in [1.807, 2.05) is 0 Å². The summed E-state index contributed by atoms with van der Waals surface area (Å²) in [6, 6.07) is 18.2. The van der Waals surface area contributed by atoms with E-state index >= 15 is 0 Å². The molecule has 0 bridgehead atoms.